The number of alkyl halides is 3. The Morgan fingerprint density at radius 3 is 1.94 bits per heavy atom. The molecule has 0 aliphatic heterocycles. The van der Waals surface area contributed by atoms with E-state index < -0.39 is 17.6 Å². The minimum atomic E-state index is -4.43. The zero-order chi connectivity index (χ0) is 26.3. The number of carbonyl (C=O) groups is 1. The van der Waals surface area contributed by atoms with Crippen LogP contribution in [0.2, 0.25) is 0 Å². The van der Waals surface area contributed by atoms with Gasteiger partial charge < -0.3 is 24.6 Å². The Labute approximate surface area is 206 Å². The second kappa shape index (κ2) is 11.4. The summed E-state index contributed by atoms with van der Waals surface area (Å²) in [7, 11) is 4.55. The fourth-order valence-corrected chi connectivity index (χ4v) is 3.28. The van der Waals surface area contributed by atoms with Gasteiger partial charge in [-0.05, 0) is 59.2 Å². The molecular formula is C27H24F3NO5. The smallest absolute Gasteiger partial charge is 0.416 e. The van der Waals surface area contributed by atoms with Gasteiger partial charge in [-0.25, -0.2) is 0 Å². The van der Waals surface area contributed by atoms with E-state index in [-0.39, 0.29) is 11.4 Å². The molecular weight excluding hydrogens is 475 g/mol. The van der Waals surface area contributed by atoms with Crippen LogP contribution in [-0.2, 0) is 11.0 Å². The van der Waals surface area contributed by atoms with Gasteiger partial charge >= 0.3 is 6.18 Å². The van der Waals surface area contributed by atoms with Crippen LogP contribution in [-0.4, -0.2) is 32.3 Å². The van der Waals surface area contributed by atoms with E-state index in [2.05, 4.69) is 5.32 Å². The highest BCUT2D eigenvalue weighted by atomic mass is 19.4. The van der Waals surface area contributed by atoms with Gasteiger partial charge in [0.1, 0.15) is 5.75 Å². The maximum atomic E-state index is 12.7. The number of hydrogen-bond acceptors (Lipinski definition) is 5. The third-order valence-electron chi connectivity index (χ3n) is 5.10. The van der Waals surface area contributed by atoms with Crippen molar-refractivity contribution in [2.75, 3.05) is 26.6 Å². The number of ether oxygens (including phenoxy) is 3. The molecule has 36 heavy (non-hydrogen) atoms. The van der Waals surface area contributed by atoms with Crippen molar-refractivity contribution in [1.82, 2.24) is 0 Å². The number of hydrogen-bond donors (Lipinski definition) is 2. The summed E-state index contributed by atoms with van der Waals surface area (Å²) in [5.74, 6) is 0.758. The number of methoxy groups -OCH3 is 3. The number of rotatable bonds is 8. The van der Waals surface area contributed by atoms with E-state index in [0.717, 1.165) is 17.7 Å². The highest BCUT2D eigenvalue weighted by Gasteiger charge is 2.29. The Bertz CT molecular complexity index is 1260. The third-order valence-corrected chi connectivity index (χ3v) is 5.10. The Balaban J connectivity index is 1.74. The number of carbonyl (C=O) groups excluding carboxylic acids is 1. The maximum Gasteiger partial charge on any atom is 0.416 e. The molecule has 0 spiro atoms. The molecule has 1 amide bonds. The van der Waals surface area contributed by atoms with Gasteiger partial charge in [0.25, 0.3) is 0 Å². The summed E-state index contributed by atoms with van der Waals surface area (Å²) < 4.78 is 54.0. The summed E-state index contributed by atoms with van der Waals surface area (Å²) in [6, 6.07) is 12.6. The van der Waals surface area contributed by atoms with Crippen molar-refractivity contribution < 1.29 is 37.3 Å². The molecule has 3 aromatic carbocycles. The van der Waals surface area contributed by atoms with Gasteiger partial charge in [-0.3, -0.25) is 4.79 Å². The van der Waals surface area contributed by atoms with Crippen molar-refractivity contribution in [3.8, 4) is 23.0 Å². The number of aromatic hydroxyl groups is 1. The highest BCUT2D eigenvalue weighted by molar-refractivity contribution is 6.03. The van der Waals surface area contributed by atoms with Gasteiger partial charge in [0.05, 0.1) is 32.6 Å². The second-order valence-corrected chi connectivity index (χ2v) is 7.51. The minimum absolute atomic E-state index is 0.142. The van der Waals surface area contributed by atoms with E-state index in [1.54, 1.807) is 36.4 Å². The van der Waals surface area contributed by atoms with Crippen LogP contribution in [0.4, 0.5) is 18.9 Å². The van der Waals surface area contributed by atoms with E-state index in [1.165, 1.54) is 51.7 Å². The van der Waals surface area contributed by atoms with Crippen LogP contribution in [0.25, 0.3) is 18.2 Å². The standard InChI is InChI=1S/C27H24F3NO5/c1-34-23-15-19(16-24(35-2)26(23)36-3)5-4-18-8-12-22(32)21(14-18)31-25(33)13-9-17-6-10-20(11-7-17)27(28,29)30/h4-16,32H,1-3H3,(H,31,33)/b5-4+,13-9+. The van der Waals surface area contributed by atoms with Crippen LogP contribution in [0.3, 0.4) is 0 Å². The molecule has 2 N–H and O–H groups in total. The van der Waals surface area contributed by atoms with Crippen LogP contribution in [0.1, 0.15) is 22.3 Å². The molecule has 0 aliphatic carbocycles. The number of benzene rings is 3. The zero-order valence-electron chi connectivity index (χ0n) is 19.7. The maximum absolute atomic E-state index is 12.7. The summed E-state index contributed by atoms with van der Waals surface area (Å²) in [4.78, 5) is 12.3. The Hall–Kier alpha value is -4.40. The first-order chi connectivity index (χ1) is 17.1. The van der Waals surface area contributed by atoms with Gasteiger partial charge in [0, 0.05) is 6.08 Å². The lowest BCUT2D eigenvalue weighted by atomic mass is 10.1. The molecule has 0 unspecified atom stereocenters. The molecule has 188 valence electrons. The Kier molecular flexibility index (Phi) is 8.26. The van der Waals surface area contributed by atoms with E-state index in [0.29, 0.717) is 28.4 Å². The summed E-state index contributed by atoms with van der Waals surface area (Å²) in [5, 5.41) is 12.7. The quantitative estimate of drug-likeness (QED) is 0.217. The first kappa shape index (κ1) is 26.2. The molecule has 0 saturated carbocycles. The van der Waals surface area contributed by atoms with Crippen molar-refractivity contribution in [2.45, 2.75) is 6.18 Å². The van der Waals surface area contributed by atoms with Crippen molar-refractivity contribution in [1.29, 1.82) is 0 Å². The molecule has 3 aromatic rings. The van der Waals surface area contributed by atoms with Crippen LogP contribution in [0.15, 0.2) is 60.7 Å². The van der Waals surface area contributed by atoms with Crippen molar-refractivity contribution >= 4 is 29.8 Å². The number of nitrogens with one attached hydrogen (secondary N) is 1. The van der Waals surface area contributed by atoms with Crippen LogP contribution in [0.5, 0.6) is 23.0 Å². The van der Waals surface area contributed by atoms with Crippen molar-refractivity contribution in [2.24, 2.45) is 0 Å². The number of halogens is 3. The highest BCUT2D eigenvalue weighted by Crippen LogP contribution is 2.38. The Morgan fingerprint density at radius 1 is 0.806 bits per heavy atom. The van der Waals surface area contributed by atoms with Crippen molar-refractivity contribution in [3.63, 3.8) is 0 Å². The average Bonchev–Trinajstić information content (AvgIpc) is 2.86. The molecule has 0 bridgehead atoms. The molecule has 0 fully saturated rings. The van der Waals surface area contributed by atoms with Gasteiger partial charge in [-0.1, -0.05) is 30.4 Å². The third kappa shape index (κ3) is 6.59. The normalized spacial score (nSPS) is 11.6. The predicted molar refractivity (Wildman–Crippen MR) is 132 cm³/mol. The van der Waals surface area contributed by atoms with Crippen LogP contribution < -0.4 is 19.5 Å². The largest absolute Gasteiger partial charge is 0.506 e. The van der Waals surface area contributed by atoms with Gasteiger partial charge in [-0.2, -0.15) is 13.2 Å². The second-order valence-electron chi connectivity index (χ2n) is 7.51. The number of amides is 1. The van der Waals surface area contributed by atoms with E-state index in [9.17, 15) is 23.1 Å². The summed E-state index contributed by atoms with van der Waals surface area (Å²) in [5.41, 5.74) is 1.27. The number of anilines is 1. The average molecular weight is 499 g/mol. The van der Waals surface area contributed by atoms with Crippen LogP contribution in [0, 0.1) is 0 Å². The minimum Gasteiger partial charge on any atom is -0.506 e. The predicted octanol–water partition coefficient (Wildman–Crippen LogP) is 6.26. The van der Waals surface area contributed by atoms with E-state index in [1.807, 2.05) is 0 Å². The topological polar surface area (TPSA) is 77.0 Å². The Morgan fingerprint density at radius 2 is 1.39 bits per heavy atom. The molecule has 0 aliphatic rings. The van der Waals surface area contributed by atoms with Gasteiger partial charge in [0.15, 0.2) is 11.5 Å². The monoisotopic (exact) mass is 499 g/mol. The molecule has 6 nitrogen and oxygen atoms in total. The van der Waals surface area contributed by atoms with Crippen LogP contribution >= 0.6 is 0 Å². The molecule has 0 radical (unpaired) electrons. The first-order valence-electron chi connectivity index (χ1n) is 10.6. The number of phenols is 1. The zero-order valence-corrected chi connectivity index (χ0v) is 19.7. The SMILES string of the molecule is COc1cc(/C=C/c2ccc(O)c(NC(=O)/C=C/c3ccc(C(F)(F)F)cc3)c2)cc(OC)c1OC. The lowest BCUT2D eigenvalue weighted by Gasteiger charge is -2.12. The number of phenolic OH excluding ortho intramolecular Hbond substituents is 1. The summed E-state index contributed by atoms with van der Waals surface area (Å²) in [6.45, 7) is 0. The summed E-state index contributed by atoms with van der Waals surface area (Å²) >= 11 is 0. The fourth-order valence-electron chi connectivity index (χ4n) is 3.28. The van der Waals surface area contributed by atoms with Gasteiger partial charge in [-0.15, -0.1) is 0 Å². The fraction of sp³-hybridized carbons (Fsp3) is 0.148. The molecule has 0 saturated heterocycles. The molecule has 0 heterocycles. The lowest BCUT2D eigenvalue weighted by Crippen LogP contribution is -2.08. The van der Waals surface area contributed by atoms with Crippen molar-refractivity contribution in [3.05, 3.63) is 82.9 Å². The molecule has 9 heteroatoms. The molecule has 3 rings (SSSR count). The molecule has 0 aromatic heterocycles. The summed E-state index contributed by atoms with van der Waals surface area (Å²) in [6.07, 6.45) is 1.68. The van der Waals surface area contributed by atoms with E-state index >= 15 is 0 Å². The molecule has 0 atom stereocenters. The lowest BCUT2D eigenvalue weighted by molar-refractivity contribution is -0.137. The van der Waals surface area contributed by atoms with Gasteiger partial charge in [0.2, 0.25) is 11.7 Å². The van der Waals surface area contributed by atoms with E-state index in [4.69, 9.17) is 14.2 Å². The first-order valence-corrected chi connectivity index (χ1v) is 10.6.